The van der Waals surface area contributed by atoms with Crippen molar-refractivity contribution in [2.24, 2.45) is 10.7 Å². The number of anilines is 2. The summed E-state index contributed by atoms with van der Waals surface area (Å²) in [6.45, 7) is 0. The number of H-pyrrole nitrogens is 1. The molecule has 8 heteroatoms. The quantitative estimate of drug-likeness (QED) is 0.443. The number of para-hydroxylation sites is 2. The van der Waals surface area contributed by atoms with Crippen LogP contribution in [0, 0.1) is 0 Å². The monoisotopic (exact) mass is 383 g/mol. The molecule has 0 fully saturated rings. The summed E-state index contributed by atoms with van der Waals surface area (Å²) in [7, 11) is 0. The number of guanidine groups is 1. The number of nitrogens with one attached hydrogen (secondary N) is 3. The van der Waals surface area contributed by atoms with Crippen LogP contribution in [0.15, 0.2) is 51.9 Å². The number of aliphatic imine (C=N–C) groups is 1. The van der Waals surface area contributed by atoms with Crippen molar-refractivity contribution in [3.05, 3.63) is 52.5 Å². The van der Waals surface area contributed by atoms with E-state index in [1.807, 2.05) is 47.0 Å². The van der Waals surface area contributed by atoms with Crippen LogP contribution in [0.5, 0.6) is 0 Å². The van der Waals surface area contributed by atoms with Gasteiger partial charge in [-0.2, -0.15) is 9.56 Å². The van der Waals surface area contributed by atoms with E-state index < -0.39 is 5.66 Å². The minimum Gasteiger partial charge on any atom is -0.357 e. The van der Waals surface area contributed by atoms with E-state index in [1.165, 1.54) is 0 Å². The Balaban J connectivity index is 1.94. The molecule has 24 heavy (non-hydrogen) atoms. The molecule has 7 nitrogen and oxygen atoms in total. The number of carbonyl (C=O) groups is 1. The van der Waals surface area contributed by atoms with E-state index in [9.17, 15) is 4.79 Å². The van der Waals surface area contributed by atoms with Crippen LogP contribution in [0.2, 0.25) is 0 Å². The van der Waals surface area contributed by atoms with Crippen molar-refractivity contribution < 1.29 is 9.36 Å². The molecule has 2 aliphatic heterocycles. The topological polar surface area (TPSA) is 99.2 Å². The molecule has 0 aliphatic carbocycles. The Labute approximate surface area is 144 Å². The lowest BCUT2D eigenvalue weighted by Gasteiger charge is -2.26. The molecule has 0 saturated carbocycles. The number of nitrogens with zero attached hydrogens (tertiary/aromatic N) is 2. The van der Waals surface area contributed by atoms with Crippen LogP contribution in [-0.2, 0) is 10.5 Å². The SMILES string of the molecule is NC1=N[C@@]2(C(=O)Nc3ccc(Br)cc32)[n+]2c([nH]c3ccccc32)N1. The number of hydrogen-bond acceptors (Lipinski definition) is 4. The van der Waals surface area contributed by atoms with Crippen LogP contribution in [-0.4, -0.2) is 16.9 Å². The molecule has 2 aliphatic rings. The molecule has 1 spiro atoms. The standard InChI is InChI=1S/C16H11BrN6O/c17-8-5-6-10-9(7-8)16(13(24)19-10)22-14(18)21-15-20-11-3-1-2-4-12(11)23(15)16/h1-7H,(H4,18,19,20,21,22,24)/p+1/t16-/m1/s1. The second kappa shape index (κ2) is 4.35. The minimum atomic E-state index is -1.27. The Kier molecular flexibility index (Phi) is 2.46. The van der Waals surface area contributed by atoms with E-state index in [2.05, 4.69) is 36.5 Å². The van der Waals surface area contributed by atoms with E-state index in [1.54, 1.807) is 0 Å². The van der Waals surface area contributed by atoms with Gasteiger partial charge in [0, 0.05) is 4.47 Å². The average molecular weight is 384 g/mol. The van der Waals surface area contributed by atoms with E-state index in [4.69, 9.17) is 5.73 Å². The smallest absolute Gasteiger partial charge is 0.357 e. The molecule has 1 atom stereocenters. The molecule has 2 aromatic carbocycles. The number of carbonyl (C=O) groups excluding carboxylic acids is 1. The summed E-state index contributed by atoms with van der Waals surface area (Å²) in [5, 5.41) is 5.93. The van der Waals surface area contributed by atoms with Crippen molar-refractivity contribution in [2.45, 2.75) is 5.66 Å². The summed E-state index contributed by atoms with van der Waals surface area (Å²) in [5.74, 6) is 0.562. The van der Waals surface area contributed by atoms with Crippen molar-refractivity contribution in [3.63, 3.8) is 0 Å². The Morgan fingerprint density at radius 3 is 2.88 bits per heavy atom. The molecule has 1 aromatic heterocycles. The molecule has 5 N–H and O–H groups in total. The number of halogens is 1. The number of amides is 1. The third-order valence-electron chi connectivity index (χ3n) is 4.40. The zero-order valence-electron chi connectivity index (χ0n) is 12.3. The average Bonchev–Trinajstić information content (AvgIpc) is 3.04. The van der Waals surface area contributed by atoms with Gasteiger partial charge in [-0.3, -0.25) is 4.79 Å². The predicted octanol–water partition coefficient (Wildman–Crippen LogP) is 1.61. The van der Waals surface area contributed by atoms with E-state index >= 15 is 0 Å². The summed E-state index contributed by atoms with van der Waals surface area (Å²) in [6.07, 6.45) is 0. The van der Waals surface area contributed by atoms with Crippen LogP contribution in [0.25, 0.3) is 11.0 Å². The summed E-state index contributed by atoms with van der Waals surface area (Å²) in [5.41, 5.74) is 7.95. The van der Waals surface area contributed by atoms with E-state index in [0.29, 0.717) is 5.95 Å². The highest BCUT2D eigenvalue weighted by molar-refractivity contribution is 9.10. The van der Waals surface area contributed by atoms with Crippen molar-refractivity contribution in [1.82, 2.24) is 4.98 Å². The second-order valence-corrected chi connectivity index (χ2v) is 6.68. The maximum Gasteiger partial charge on any atom is 0.366 e. The molecule has 0 radical (unpaired) electrons. The molecule has 0 saturated heterocycles. The summed E-state index contributed by atoms with van der Waals surface area (Å²) < 4.78 is 2.72. The fourth-order valence-corrected chi connectivity index (χ4v) is 3.81. The molecular formula is C16H12BrN6O+. The Morgan fingerprint density at radius 2 is 2.00 bits per heavy atom. The zero-order valence-corrected chi connectivity index (χ0v) is 13.9. The molecule has 0 unspecified atom stereocenters. The van der Waals surface area contributed by atoms with Gasteiger partial charge in [0.1, 0.15) is 11.0 Å². The summed E-state index contributed by atoms with van der Waals surface area (Å²) in [6, 6.07) is 13.4. The largest absolute Gasteiger partial charge is 0.366 e. The van der Waals surface area contributed by atoms with Gasteiger partial charge in [0.15, 0.2) is 0 Å². The highest BCUT2D eigenvalue weighted by atomic mass is 79.9. The molecular weight excluding hydrogens is 372 g/mol. The molecule has 3 heterocycles. The molecule has 5 rings (SSSR count). The third-order valence-corrected chi connectivity index (χ3v) is 4.89. The van der Waals surface area contributed by atoms with Gasteiger partial charge in [0.25, 0.3) is 17.5 Å². The Morgan fingerprint density at radius 1 is 1.17 bits per heavy atom. The normalized spacial score (nSPS) is 21.2. The van der Waals surface area contributed by atoms with Gasteiger partial charge in [0.05, 0.1) is 11.3 Å². The van der Waals surface area contributed by atoms with Crippen molar-refractivity contribution in [1.29, 1.82) is 0 Å². The highest BCUT2D eigenvalue weighted by Gasteiger charge is 2.56. The Hall–Kier alpha value is -2.87. The van der Waals surface area contributed by atoms with Crippen LogP contribution in [0.1, 0.15) is 5.56 Å². The number of benzene rings is 2. The number of rotatable bonds is 0. The van der Waals surface area contributed by atoms with E-state index in [0.717, 1.165) is 26.8 Å². The van der Waals surface area contributed by atoms with Crippen molar-refractivity contribution >= 4 is 50.5 Å². The summed E-state index contributed by atoms with van der Waals surface area (Å²) in [4.78, 5) is 20.8. The first-order valence-corrected chi connectivity index (χ1v) is 8.16. The number of nitrogens with two attached hydrogens (primary N) is 1. The molecule has 3 aromatic rings. The van der Waals surface area contributed by atoms with E-state index in [-0.39, 0.29) is 11.9 Å². The first kappa shape index (κ1) is 13.6. The zero-order chi connectivity index (χ0) is 16.5. The maximum absolute atomic E-state index is 13.0. The predicted molar refractivity (Wildman–Crippen MR) is 93.6 cm³/mol. The van der Waals surface area contributed by atoms with Gasteiger partial charge in [-0.25, -0.2) is 10.3 Å². The van der Waals surface area contributed by atoms with Gasteiger partial charge < -0.3 is 11.1 Å². The lowest BCUT2D eigenvalue weighted by molar-refractivity contribution is -0.700. The fourth-order valence-electron chi connectivity index (χ4n) is 3.45. The van der Waals surface area contributed by atoms with Gasteiger partial charge in [-0.05, 0) is 30.3 Å². The molecule has 1 amide bonds. The fraction of sp³-hybridized carbons (Fsp3) is 0.0625. The van der Waals surface area contributed by atoms with Gasteiger partial charge >= 0.3 is 5.95 Å². The summed E-state index contributed by atoms with van der Waals surface area (Å²) >= 11 is 3.48. The number of hydrogen-bond donors (Lipinski definition) is 4. The molecule has 0 bridgehead atoms. The maximum atomic E-state index is 13.0. The van der Waals surface area contributed by atoms with Crippen LogP contribution >= 0.6 is 15.9 Å². The van der Waals surface area contributed by atoms with Crippen molar-refractivity contribution in [3.8, 4) is 0 Å². The lowest BCUT2D eigenvalue weighted by Crippen LogP contribution is -2.64. The first-order valence-electron chi connectivity index (χ1n) is 7.37. The number of imidazole rings is 1. The number of fused-ring (bicyclic) bond motifs is 6. The Bertz CT molecular complexity index is 1070. The van der Waals surface area contributed by atoms with Gasteiger partial charge in [-0.1, -0.05) is 28.1 Å². The van der Waals surface area contributed by atoms with Gasteiger partial charge in [-0.15, -0.1) is 0 Å². The number of aromatic nitrogens is 2. The highest BCUT2D eigenvalue weighted by Crippen LogP contribution is 2.41. The lowest BCUT2D eigenvalue weighted by atomic mass is 10.00. The van der Waals surface area contributed by atoms with Gasteiger partial charge in [0.2, 0.25) is 0 Å². The van der Waals surface area contributed by atoms with Crippen LogP contribution in [0.4, 0.5) is 11.6 Å². The van der Waals surface area contributed by atoms with Crippen LogP contribution in [0.3, 0.4) is 0 Å². The molecule has 118 valence electrons. The second-order valence-electron chi connectivity index (χ2n) is 5.76. The minimum absolute atomic E-state index is 0.185. The number of aromatic amines is 1. The third kappa shape index (κ3) is 1.53. The first-order chi connectivity index (χ1) is 11.6. The van der Waals surface area contributed by atoms with Crippen molar-refractivity contribution in [2.75, 3.05) is 10.6 Å². The van der Waals surface area contributed by atoms with Crippen LogP contribution < -0.4 is 20.9 Å².